The summed E-state index contributed by atoms with van der Waals surface area (Å²) in [5.41, 5.74) is -1.36. The number of rotatable bonds is 1. The highest BCUT2D eigenvalue weighted by molar-refractivity contribution is 8.03. The highest BCUT2D eigenvalue weighted by Gasteiger charge is 2.41. The molecule has 0 spiro atoms. The van der Waals surface area contributed by atoms with Crippen molar-refractivity contribution in [2.24, 2.45) is 0 Å². The molecule has 1 rings (SSSR count). The van der Waals surface area contributed by atoms with Crippen LogP contribution in [-0.4, -0.2) is 24.0 Å². The van der Waals surface area contributed by atoms with Crippen molar-refractivity contribution in [3.05, 3.63) is 10.9 Å². The van der Waals surface area contributed by atoms with Crippen LogP contribution < -0.4 is 0 Å². The second-order valence-corrected chi connectivity index (χ2v) is 3.56. The van der Waals surface area contributed by atoms with Gasteiger partial charge in [0.25, 0.3) is 0 Å². The molecule has 0 saturated carbocycles. The van der Waals surface area contributed by atoms with Gasteiger partial charge in [-0.2, -0.15) is 13.2 Å². The van der Waals surface area contributed by atoms with Gasteiger partial charge in [0.15, 0.2) is 4.91 Å². The predicted molar refractivity (Wildman–Crippen MR) is 43.8 cm³/mol. The van der Waals surface area contributed by atoms with Gasteiger partial charge in [-0.3, -0.25) is 0 Å². The van der Waals surface area contributed by atoms with E-state index in [-0.39, 0.29) is 12.4 Å². The fraction of sp³-hybridized carbons (Fsp3) is 0.500. The Labute approximate surface area is 86.2 Å². The van der Waals surface area contributed by atoms with Crippen molar-refractivity contribution in [2.75, 3.05) is 12.4 Å². The molecule has 0 amide bonds. The van der Waals surface area contributed by atoms with Crippen molar-refractivity contribution >= 4 is 28.8 Å². The van der Waals surface area contributed by atoms with Crippen molar-refractivity contribution in [1.82, 2.24) is 0 Å². The van der Waals surface area contributed by atoms with E-state index in [2.05, 4.69) is 9.47 Å². The zero-order valence-electron chi connectivity index (χ0n) is 6.56. The fourth-order valence-corrected chi connectivity index (χ4v) is 1.57. The molecule has 1 aliphatic rings. The summed E-state index contributed by atoms with van der Waals surface area (Å²) in [5.74, 6) is -0.716. The van der Waals surface area contributed by atoms with Crippen molar-refractivity contribution in [3.8, 4) is 0 Å². The molecule has 0 aromatic carbocycles. The van der Waals surface area contributed by atoms with E-state index in [0.29, 0.717) is 11.8 Å². The number of ether oxygens (including phenoxy) is 2. The van der Waals surface area contributed by atoms with Gasteiger partial charge in [0.05, 0.1) is 0 Å². The van der Waals surface area contributed by atoms with Crippen LogP contribution in [0.15, 0.2) is 10.9 Å². The molecule has 0 radical (unpaired) electrons. The van der Waals surface area contributed by atoms with Crippen LogP contribution in [0.25, 0.3) is 0 Å². The van der Waals surface area contributed by atoms with E-state index in [0.717, 1.165) is 0 Å². The van der Waals surface area contributed by atoms with Gasteiger partial charge < -0.3 is 9.47 Å². The van der Waals surface area contributed by atoms with Crippen LogP contribution in [0.4, 0.5) is 18.0 Å². The first-order valence-electron chi connectivity index (χ1n) is 3.35. The quantitative estimate of drug-likeness (QED) is 0.669. The summed E-state index contributed by atoms with van der Waals surface area (Å²) in [6.45, 7) is 0.0454. The van der Waals surface area contributed by atoms with Crippen LogP contribution in [0.1, 0.15) is 0 Å². The molecule has 0 N–H and O–H groups in total. The monoisotopic (exact) mass is 248 g/mol. The lowest BCUT2D eigenvalue weighted by Crippen LogP contribution is -2.20. The Morgan fingerprint density at radius 1 is 1.57 bits per heavy atom. The maximum absolute atomic E-state index is 12.2. The molecular formula is C6H4ClF3O3S. The molecule has 14 heavy (non-hydrogen) atoms. The predicted octanol–water partition coefficient (Wildman–Crippen LogP) is 2.86. The van der Waals surface area contributed by atoms with Crippen LogP contribution in [-0.2, 0) is 9.47 Å². The van der Waals surface area contributed by atoms with E-state index in [4.69, 9.17) is 11.6 Å². The highest BCUT2D eigenvalue weighted by Crippen LogP contribution is 2.39. The zero-order valence-corrected chi connectivity index (χ0v) is 8.13. The Bertz CT molecular complexity index is 276. The molecule has 0 atom stereocenters. The van der Waals surface area contributed by atoms with Gasteiger partial charge in [-0.05, 0) is 0 Å². The Kier molecular flexibility index (Phi) is 3.54. The van der Waals surface area contributed by atoms with Gasteiger partial charge in [0.1, 0.15) is 6.61 Å². The zero-order chi connectivity index (χ0) is 10.8. The normalized spacial score (nSPS) is 17.7. The van der Waals surface area contributed by atoms with Gasteiger partial charge >= 0.3 is 17.6 Å². The summed E-state index contributed by atoms with van der Waals surface area (Å²) < 4.78 is 45.4. The van der Waals surface area contributed by atoms with Gasteiger partial charge in [0.2, 0.25) is 0 Å². The summed E-state index contributed by atoms with van der Waals surface area (Å²) in [6, 6.07) is 0. The Balaban J connectivity index is 2.91. The van der Waals surface area contributed by atoms with Crippen LogP contribution in [0.5, 0.6) is 0 Å². The fourth-order valence-electron chi connectivity index (χ4n) is 0.749. The molecule has 3 nitrogen and oxygen atoms in total. The van der Waals surface area contributed by atoms with E-state index >= 15 is 0 Å². The van der Waals surface area contributed by atoms with Crippen molar-refractivity contribution in [2.45, 2.75) is 6.18 Å². The third kappa shape index (κ3) is 2.98. The van der Waals surface area contributed by atoms with Crippen LogP contribution in [0.2, 0.25) is 0 Å². The summed E-state index contributed by atoms with van der Waals surface area (Å²) in [7, 11) is 0. The molecule has 0 fully saturated rings. The number of hydrogen-bond donors (Lipinski definition) is 0. The summed E-state index contributed by atoms with van der Waals surface area (Å²) >= 11 is 5.29. The average molecular weight is 249 g/mol. The van der Waals surface area contributed by atoms with E-state index in [1.54, 1.807) is 0 Å². The largest absolute Gasteiger partial charge is 0.463 e. The second-order valence-electron chi connectivity index (χ2n) is 2.15. The first-order chi connectivity index (χ1) is 6.41. The molecule has 0 unspecified atom stereocenters. The SMILES string of the molecule is O=C(Cl)OC1=C(C(F)(F)F)SCCO1. The summed E-state index contributed by atoms with van der Waals surface area (Å²) in [5, 5.41) is 0. The first kappa shape index (κ1) is 11.5. The number of alkyl halides is 3. The van der Waals surface area contributed by atoms with Gasteiger partial charge in [-0.15, -0.1) is 11.8 Å². The van der Waals surface area contributed by atoms with Gasteiger partial charge in [-0.25, -0.2) is 4.79 Å². The lowest BCUT2D eigenvalue weighted by Gasteiger charge is -2.20. The number of hydrogen-bond acceptors (Lipinski definition) is 4. The van der Waals surface area contributed by atoms with Crippen LogP contribution in [0.3, 0.4) is 0 Å². The lowest BCUT2D eigenvalue weighted by molar-refractivity contribution is -0.0921. The Morgan fingerprint density at radius 2 is 2.21 bits per heavy atom. The number of carbonyl (C=O) groups excluding carboxylic acids is 1. The maximum atomic E-state index is 12.2. The van der Waals surface area contributed by atoms with E-state index < -0.39 is 22.5 Å². The van der Waals surface area contributed by atoms with Gasteiger partial charge in [0, 0.05) is 17.4 Å². The lowest BCUT2D eigenvalue weighted by atomic mass is 10.5. The number of halogens is 4. The average Bonchev–Trinajstić information content (AvgIpc) is 2.01. The number of thioether (sulfide) groups is 1. The number of carbonyl (C=O) groups is 1. The molecule has 8 heteroatoms. The third-order valence-electron chi connectivity index (χ3n) is 1.18. The van der Waals surface area contributed by atoms with Crippen LogP contribution >= 0.6 is 23.4 Å². The highest BCUT2D eigenvalue weighted by atomic mass is 35.5. The van der Waals surface area contributed by atoms with Crippen molar-refractivity contribution in [1.29, 1.82) is 0 Å². The Morgan fingerprint density at radius 3 is 2.71 bits per heavy atom. The standard InChI is InChI=1S/C6H4ClF3O3S/c7-5(11)13-4-3(6(8,9)10)14-2-1-12-4/h1-2H2. The molecule has 0 saturated heterocycles. The van der Waals surface area contributed by atoms with E-state index in [1.807, 2.05) is 0 Å². The topological polar surface area (TPSA) is 35.5 Å². The minimum absolute atomic E-state index is 0.0454. The molecule has 1 aliphatic heterocycles. The smallest absolute Gasteiger partial charge is 0.429 e. The van der Waals surface area contributed by atoms with Crippen molar-refractivity contribution < 1.29 is 27.4 Å². The van der Waals surface area contributed by atoms with Crippen molar-refractivity contribution in [3.63, 3.8) is 0 Å². The van der Waals surface area contributed by atoms with Crippen LogP contribution in [0, 0.1) is 0 Å². The van der Waals surface area contributed by atoms with E-state index in [9.17, 15) is 18.0 Å². The molecule has 1 heterocycles. The summed E-state index contributed by atoms with van der Waals surface area (Å²) in [4.78, 5) is 9.17. The first-order valence-corrected chi connectivity index (χ1v) is 4.72. The van der Waals surface area contributed by atoms with E-state index in [1.165, 1.54) is 0 Å². The maximum Gasteiger partial charge on any atom is 0.429 e. The molecule has 0 aliphatic carbocycles. The molecule has 0 bridgehead atoms. The third-order valence-corrected chi connectivity index (χ3v) is 2.31. The second kappa shape index (κ2) is 4.31. The summed E-state index contributed by atoms with van der Waals surface area (Å²) in [6.07, 6.45) is -4.59. The molecule has 0 aromatic rings. The van der Waals surface area contributed by atoms with Gasteiger partial charge in [-0.1, -0.05) is 0 Å². The Hall–Kier alpha value is -0.560. The number of allylic oxidation sites excluding steroid dienone is 1. The molecular weight excluding hydrogens is 245 g/mol. The molecule has 0 aromatic heterocycles. The molecule has 80 valence electrons. The minimum Gasteiger partial charge on any atom is -0.463 e. The minimum atomic E-state index is -4.59.